The van der Waals surface area contributed by atoms with Crippen molar-refractivity contribution in [2.45, 2.75) is 6.92 Å². The van der Waals surface area contributed by atoms with Gasteiger partial charge in [-0.15, -0.1) is 12.4 Å². The second-order valence-corrected chi connectivity index (χ2v) is 1.06. The third-order valence-corrected chi connectivity index (χ3v) is 0.397. The molecule has 0 aromatic carbocycles. The van der Waals surface area contributed by atoms with Gasteiger partial charge in [0.25, 0.3) is 0 Å². The lowest BCUT2D eigenvalue weighted by Gasteiger charge is -1.88. The van der Waals surface area contributed by atoms with Gasteiger partial charge in [-0.25, -0.2) is 4.79 Å². The number of thiol groups is 1. The predicted octanol–water partition coefficient (Wildman–Crippen LogP) is 1.49. The van der Waals surface area contributed by atoms with Crippen LogP contribution in [0, 0.1) is 0 Å². The molecule has 0 fully saturated rings. The first-order valence-corrected chi connectivity index (χ1v) is 2.07. The molecule has 0 aliphatic heterocycles. The Morgan fingerprint density at radius 3 is 2.29 bits per heavy atom. The zero-order valence-electron chi connectivity index (χ0n) is 3.88. The minimum absolute atomic E-state index is 0. The topological polar surface area (TPSA) is 26.3 Å². The van der Waals surface area contributed by atoms with Crippen molar-refractivity contribution < 1.29 is 9.53 Å². The molecule has 0 spiro atoms. The van der Waals surface area contributed by atoms with Gasteiger partial charge in [0.05, 0.1) is 6.61 Å². The van der Waals surface area contributed by atoms with Crippen molar-refractivity contribution in [1.82, 2.24) is 0 Å². The molecule has 0 amide bonds. The van der Waals surface area contributed by atoms with E-state index in [0.717, 1.165) is 0 Å². The van der Waals surface area contributed by atoms with E-state index in [0.29, 0.717) is 6.61 Å². The van der Waals surface area contributed by atoms with Gasteiger partial charge in [0.1, 0.15) is 0 Å². The van der Waals surface area contributed by atoms with Crippen molar-refractivity contribution >= 4 is 30.3 Å². The summed E-state index contributed by atoms with van der Waals surface area (Å²) in [5.74, 6) is 0. The Kier molecular flexibility index (Phi) is 8.87. The molecule has 0 rings (SSSR count). The lowest BCUT2D eigenvalue weighted by Crippen LogP contribution is -1.89. The lowest BCUT2D eigenvalue weighted by molar-refractivity contribution is 0.182. The smallest absolute Gasteiger partial charge is 0.364 e. The van der Waals surface area contributed by atoms with Gasteiger partial charge >= 0.3 is 5.30 Å². The summed E-state index contributed by atoms with van der Waals surface area (Å²) in [6.45, 7) is 2.14. The molecule has 0 heterocycles. The van der Waals surface area contributed by atoms with E-state index in [-0.39, 0.29) is 12.4 Å². The Hall–Kier alpha value is 0.110. The summed E-state index contributed by atoms with van der Waals surface area (Å²) < 4.78 is 4.27. The fourth-order valence-electron chi connectivity index (χ4n) is 0.123. The summed E-state index contributed by atoms with van der Waals surface area (Å²) in [4.78, 5) is 9.69. The third kappa shape index (κ3) is 10.7. The fourth-order valence-corrected chi connectivity index (χ4v) is 0.253. The summed E-state index contributed by atoms with van der Waals surface area (Å²) in [5, 5.41) is -0.516. The summed E-state index contributed by atoms with van der Waals surface area (Å²) in [5.41, 5.74) is 0. The Morgan fingerprint density at radius 2 is 2.29 bits per heavy atom. The molecule has 0 aliphatic rings. The Bertz CT molecular complexity index is 56.9. The van der Waals surface area contributed by atoms with Crippen LogP contribution in [0.5, 0.6) is 0 Å². The van der Waals surface area contributed by atoms with E-state index in [1.54, 1.807) is 6.92 Å². The zero-order valence-corrected chi connectivity index (χ0v) is 5.59. The molecule has 0 atom stereocenters. The normalized spacial score (nSPS) is 6.57. The van der Waals surface area contributed by atoms with Crippen molar-refractivity contribution in [3.8, 4) is 0 Å². The maximum absolute atomic E-state index is 9.69. The third-order valence-electron chi connectivity index (χ3n) is 0.268. The quantitative estimate of drug-likeness (QED) is 0.444. The van der Waals surface area contributed by atoms with Gasteiger partial charge < -0.3 is 4.74 Å². The molecule has 0 N–H and O–H groups in total. The molecule has 4 heteroatoms. The van der Waals surface area contributed by atoms with Crippen LogP contribution in [0.4, 0.5) is 4.79 Å². The van der Waals surface area contributed by atoms with Crippen LogP contribution < -0.4 is 0 Å². The highest BCUT2D eigenvalue weighted by Crippen LogP contribution is 1.81. The molecule has 0 saturated heterocycles. The molecule has 0 radical (unpaired) electrons. The van der Waals surface area contributed by atoms with Gasteiger partial charge in [0.15, 0.2) is 0 Å². The van der Waals surface area contributed by atoms with Crippen LogP contribution in [0.3, 0.4) is 0 Å². The number of halogens is 1. The van der Waals surface area contributed by atoms with E-state index in [1.807, 2.05) is 0 Å². The minimum atomic E-state index is -0.516. The summed E-state index contributed by atoms with van der Waals surface area (Å²) in [6, 6.07) is 0. The van der Waals surface area contributed by atoms with Crippen LogP contribution >= 0.6 is 25.0 Å². The van der Waals surface area contributed by atoms with Crippen LogP contribution in [0.15, 0.2) is 0 Å². The monoisotopic (exact) mass is 142 g/mol. The Labute approximate surface area is 54.1 Å². The van der Waals surface area contributed by atoms with Crippen molar-refractivity contribution in [2.75, 3.05) is 6.61 Å². The first-order chi connectivity index (χ1) is 2.77. The van der Waals surface area contributed by atoms with Gasteiger partial charge in [-0.05, 0) is 6.92 Å². The molecule has 0 aliphatic carbocycles. The lowest BCUT2D eigenvalue weighted by atomic mass is 10.9. The first-order valence-electron chi connectivity index (χ1n) is 1.63. The highest BCUT2D eigenvalue weighted by Gasteiger charge is 1.83. The molecule has 2 nitrogen and oxygen atoms in total. The Balaban J connectivity index is 0. The molecular formula is C3H7ClO2S. The maximum atomic E-state index is 9.69. The highest BCUT2D eigenvalue weighted by molar-refractivity contribution is 7.96. The van der Waals surface area contributed by atoms with Crippen LogP contribution in [-0.4, -0.2) is 11.9 Å². The van der Waals surface area contributed by atoms with Crippen molar-refractivity contribution in [2.24, 2.45) is 0 Å². The molecular weight excluding hydrogens is 136 g/mol. The zero-order chi connectivity index (χ0) is 4.99. The largest absolute Gasteiger partial charge is 0.458 e. The van der Waals surface area contributed by atoms with Crippen molar-refractivity contribution in [3.05, 3.63) is 0 Å². The Morgan fingerprint density at radius 1 is 1.86 bits per heavy atom. The maximum Gasteiger partial charge on any atom is 0.364 e. The molecule has 7 heavy (non-hydrogen) atoms. The molecule has 0 aromatic rings. The number of hydrogen-bond donors (Lipinski definition) is 1. The van der Waals surface area contributed by atoms with Gasteiger partial charge in [0, 0.05) is 0 Å². The van der Waals surface area contributed by atoms with Crippen LogP contribution in [0.1, 0.15) is 6.92 Å². The van der Waals surface area contributed by atoms with Crippen molar-refractivity contribution in [1.29, 1.82) is 0 Å². The average Bonchev–Trinajstić information content (AvgIpc) is 1.35. The van der Waals surface area contributed by atoms with Crippen LogP contribution in [0.2, 0.25) is 0 Å². The van der Waals surface area contributed by atoms with Gasteiger partial charge in [-0.1, -0.05) is 12.6 Å². The van der Waals surface area contributed by atoms with E-state index in [1.165, 1.54) is 0 Å². The average molecular weight is 143 g/mol. The van der Waals surface area contributed by atoms with Gasteiger partial charge in [-0.3, -0.25) is 0 Å². The molecule has 44 valence electrons. The summed E-state index contributed by atoms with van der Waals surface area (Å²) >= 11 is 3.32. The number of rotatable bonds is 1. The van der Waals surface area contributed by atoms with Crippen LogP contribution in [0.25, 0.3) is 0 Å². The van der Waals surface area contributed by atoms with E-state index in [2.05, 4.69) is 17.4 Å². The molecule has 0 aromatic heterocycles. The SMILES string of the molecule is CCOC(=O)S.Cl. The first kappa shape index (κ1) is 10.2. The van der Waals surface area contributed by atoms with Gasteiger partial charge in [0.2, 0.25) is 0 Å². The van der Waals surface area contributed by atoms with Gasteiger partial charge in [-0.2, -0.15) is 0 Å². The van der Waals surface area contributed by atoms with E-state index in [4.69, 9.17) is 0 Å². The summed E-state index contributed by atoms with van der Waals surface area (Å²) in [6.07, 6.45) is 0. The van der Waals surface area contributed by atoms with E-state index >= 15 is 0 Å². The molecule has 0 saturated carbocycles. The highest BCUT2D eigenvalue weighted by atomic mass is 35.5. The minimum Gasteiger partial charge on any atom is -0.458 e. The number of carbonyl (C=O) groups excluding carboxylic acids is 1. The van der Waals surface area contributed by atoms with E-state index < -0.39 is 5.30 Å². The number of carbonyl (C=O) groups is 1. The molecule has 0 bridgehead atoms. The van der Waals surface area contributed by atoms with E-state index in [9.17, 15) is 4.79 Å². The number of hydrogen-bond acceptors (Lipinski definition) is 2. The second-order valence-electron chi connectivity index (χ2n) is 0.699. The van der Waals surface area contributed by atoms with Crippen molar-refractivity contribution in [3.63, 3.8) is 0 Å². The van der Waals surface area contributed by atoms with Crippen LogP contribution in [-0.2, 0) is 4.74 Å². The predicted molar refractivity (Wildman–Crippen MR) is 33.3 cm³/mol. The standard InChI is InChI=1S/C3H6O2S.ClH/c1-2-5-3(4)6;/h2H2,1H3,(H,4,6);1H. The summed E-state index contributed by atoms with van der Waals surface area (Å²) in [7, 11) is 0. The second kappa shape index (κ2) is 6.11. The number of ether oxygens (including phenoxy) is 1. The molecule has 0 unspecified atom stereocenters. The fraction of sp³-hybridized carbons (Fsp3) is 0.667.